The van der Waals surface area contributed by atoms with E-state index < -0.39 is 0 Å². The Kier molecular flexibility index (Phi) is 3.53. The van der Waals surface area contributed by atoms with E-state index in [9.17, 15) is 0 Å². The second-order valence-electron chi connectivity index (χ2n) is 4.13. The third-order valence-electron chi connectivity index (χ3n) is 3.09. The summed E-state index contributed by atoms with van der Waals surface area (Å²) in [7, 11) is 3.84. The summed E-state index contributed by atoms with van der Waals surface area (Å²) in [4.78, 5) is 0. The van der Waals surface area contributed by atoms with Crippen molar-refractivity contribution in [2.45, 2.75) is 38.7 Å². The lowest BCUT2D eigenvalue weighted by Crippen LogP contribution is -2.41. The second-order valence-corrected chi connectivity index (χ2v) is 4.13. The molecule has 0 saturated heterocycles. The number of nitrogens with one attached hydrogen (secondary N) is 1. The van der Waals surface area contributed by atoms with Gasteiger partial charge in [-0.25, -0.2) is 0 Å². The van der Waals surface area contributed by atoms with Gasteiger partial charge in [0.1, 0.15) is 0 Å². The van der Waals surface area contributed by atoms with Gasteiger partial charge in [-0.15, -0.1) is 0 Å². The molecule has 2 nitrogen and oxygen atoms in total. The topological polar surface area (TPSA) is 21.3 Å². The van der Waals surface area contributed by atoms with Gasteiger partial charge in [0, 0.05) is 13.7 Å². The van der Waals surface area contributed by atoms with Gasteiger partial charge >= 0.3 is 0 Å². The van der Waals surface area contributed by atoms with Gasteiger partial charge < -0.3 is 10.1 Å². The third kappa shape index (κ3) is 2.20. The predicted octanol–water partition coefficient (Wildman–Crippen LogP) is 1.80. The summed E-state index contributed by atoms with van der Waals surface area (Å²) in [5, 5.41) is 3.28. The molecule has 0 aromatic rings. The SMILES string of the molecule is CNCC1(CC(C)OC)CCC1. The Hall–Kier alpha value is -0.0800. The van der Waals surface area contributed by atoms with Crippen LogP contribution in [0.4, 0.5) is 0 Å². The molecule has 1 saturated carbocycles. The average Bonchev–Trinajstić information content (AvgIpc) is 2.00. The highest BCUT2D eigenvalue weighted by Gasteiger charge is 2.37. The lowest BCUT2D eigenvalue weighted by molar-refractivity contribution is 0.0244. The number of methoxy groups -OCH3 is 1. The monoisotopic (exact) mass is 171 g/mol. The molecule has 0 aliphatic heterocycles. The van der Waals surface area contributed by atoms with Crippen molar-refractivity contribution in [3.63, 3.8) is 0 Å². The normalized spacial score (nSPS) is 23.2. The van der Waals surface area contributed by atoms with Crippen molar-refractivity contribution in [3.05, 3.63) is 0 Å². The zero-order valence-corrected chi connectivity index (χ0v) is 8.52. The van der Waals surface area contributed by atoms with Crippen LogP contribution in [0.25, 0.3) is 0 Å². The Morgan fingerprint density at radius 2 is 2.17 bits per heavy atom. The quantitative estimate of drug-likeness (QED) is 0.681. The molecule has 1 aliphatic rings. The van der Waals surface area contributed by atoms with Gasteiger partial charge in [-0.05, 0) is 38.6 Å². The summed E-state index contributed by atoms with van der Waals surface area (Å²) < 4.78 is 5.30. The summed E-state index contributed by atoms with van der Waals surface area (Å²) >= 11 is 0. The van der Waals surface area contributed by atoms with E-state index in [4.69, 9.17) is 4.74 Å². The van der Waals surface area contributed by atoms with Crippen LogP contribution >= 0.6 is 0 Å². The Labute approximate surface area is 75.7 Å². The summed E-state index contributed by atoms with van der Waals surface area (Å²) in [5.41, 5.74) is 0.560. The van der Waals surface area contributed by atoms with Gasteiger partial charge in [-0.1, -0.05) is 6.42 Å². The third-order valence-corrected chi connectivity index (χ3v) is 3.09. The maximum absolute atomic E-state index is 5.30. The first kappa shape index (κ1) is 10.0. The van der Waals surface area contributed by atoms with Crippen LogP contribution in [0.2, 0.25) is 0 Å². The van der Waals surface area contributed by atoms with Gasteiger partial charge in [-0.2, -0.15) is 0 Å². The van der Waals surface area contributed by atoms with Crippen LogP contribution in [0, 0.1) is 5.41 Å². The number of rotatable bonds is 5. The molecule has 1 aliphatic carbocycles. The lowest BCUT2D eigenvalue weighted by Gasteiger charge is -2.43. The van der Waals surface area contributed by atoms with Gasteiger partial charge in [-0.3, -0.25) is 0 Å². The van der Waals surface area contributed by atoms with Crippen molar-refractivity contribution in [1.82, 2.24) is 5.32 Å². The fourth-order valence-electron chi connectivity index (χ4n) is 2.20. The first-order chi connectivity index (χ1) is 5.72. The minimum Gasteiger partial charge on any atom is -0.382 e. The molecule has 0 heterocycles. The van der Waals surface area contributed by atoms with Gasteiger partial charge in [0.25, 0.3) is 0 Å². The van der Waals surface area contributed by atoms with Crippen LogP contribution in [-0.4, -0.2) is 26.8 Å². The van der Waals surface area contributed by atoms with E-state index in [1.54, 1.807) is 7.11 Å². The van der Waals surface area contributed by atoms with Crippen LogP contribution < -0.4 is 5.32 Å². The first-order valence-corrected chi connectivity index (χ1v) is 4.90. The Morgan fingerprint density at radius 3 is 2.50 bits per heavy atom. The largest absolute Gasteiger partial charge is 0.382 e. The minimum absolute atomic E-state index is 0.415. The number of hydrogen-bond acceptors (Lipinski definition) is 2. The molecule has 1 unspecified atom stereocenters. The molecule has 0 aromatic carbocycles. The predicted molar refractivity (Wildman–Crippen MR) is 51.3 cm³/mol. The van der Waals surface area contributed by atoms with E-state index in [1.807, 2.05) is 7.05 Å². The molecule has 1 atom stereocenters. The van der Waals surface area contributed by atoms with Crippen LogP contribution in [-0.2, 0) is 4.74 Å². The molecule has 1 rings (SSSR count). The highest BCUT2D eigenvalue weighted by molar-refractivity contribution is 4.90. The van der Waals surface area contributed by atoms with Gasteiger partial charge in [0.05, 0.1) is 6.10 Å². The molecule has 2 heteroatoms. The van der Waals surface area contributed by atoms with Crippen molar-refractivity contribution in [2.75, 3.05) is 20.7 Å². The lowest BCUT2D eigenvalue weighted by atomic mass is 9.65. The summed E-state index contributed by atoms with van der Waals surface area (Å²) in [6, 6.07) is 0. The maximum atomic E-state index is 5.30. The number of ether oxygens (including phenoxy) is 1. The fraction of sp³-hybridized carbons (Fsp3) is 1.00. The van der Waals surface area contributed by atoms with Crippen LogP contribution in [0.15, 0.2) is 0 Å². The smallest absolute Gasteiger partial charge is 0.0549 e. The fourth-order valence-corrected chi connectivity index (χ4v) is 2.20. The molecule has 0 radical (unpaired) electrons. The highest BCUT2D eigenvalue weighted by Crippen LogP contribution is 2.44. The van der Waals surface area contributed by atoms with E-state index in [-0.39, 0.29) is 0 Å². The molecule has 0 bridgehead atoms. The molecule has 12 heavy (non-hydrogen) atoms. The number of hydrogen-bond donors (Lipinski definition) is 1. The minimum atomic E-state index is 0.415. The van der Waals surface area contributed by atoms with Gasteiger partial charge in [0.15, 0.2) is 0 Å². The summed E-state index contributed by atoms with van der Waals surface area (Å²) in [6.45, 7) is 3.32. The zero-order valence-electron chi connectivity index (χ0n) is 8.52. The molecule has 0 amide bonds. The van der Waals surface area contributed by atoms with Crippen LogP contribution in [0.3, 0.4) is 0 Å². The molecule has 72 valence electrons. The van der Waals surface area contributed by atoms with Crippen LogP contribution in [0.5, 0.6) is 0 Å². The average molecular weight is 171 g/mol. The molecule has 1 N–H and O–H groups in total. The first-order valence-electron chi connectivity index (χ1n) is 4.90. The summed E-state index contributed by atoms with van der Waals surface area (Å²) in [5.74, 6) is 0. The Balaban J connectivity index is 2.33. The Bertz CT molecular complexity index is 132. The van der Waals surface area contributed by atoms with E-state index in [2.05, 4.69) is 12.2 Å². The van der Waals surface area contributed by atoms with E-state index >= 15 is 0 Å². The second kappa shape index (κ2) is 4.24. The van der Waals surface area contributed by atoms with Gasteiger partial charge in [0.2, 0.25) is 0 Å². The molecule has 1 fully saturated rings. The highest BCUT2D eigenvalue weighted by atomic mass is 16.5. The molecular formula is C10H21NO. The van der Waals surface area contributed by atoms with Crippen molar-refractivity contribution in [3.8, 4) is 0 Å². The van der Waals surface area contributed by atoms with E-state index in [0.717, 1.165) is 6.54 Å². The van der Waals surface area contributed by atoms with Crippen LogP contribution in [0.1, 0.15) is 32.6 Å². The maximum Gasteiger partial charge on any atom is 0.0549 e. The molecule has 0 spiro atoms. The molecular weight excluding hydrogens is 150 g/mol. The van der Waals surface area contributed by atoms with Crippen molar-refractivity contribution >= 4 is 0 Å². The van der Waals surface area contributed by atoms with Crippen molar-refractivity contribution < 1.29 is 4.74 Å². The zero-order chi connectivity index (χ0) is 9.03. The van der Waals surface area contributed by atoms with E-state index in [1.165, 1.54) is 25.7 Å². The van der Waals surface area contributed by atoms with Crippen molar-refractivity contribution in [1.29, 1.82) is 0 Å². The molecule has 0 aromatic heterocycles. The Morgan fingerprint density at radius 1 is 1.50 bits per heavy atom. The standard InChI is InChI=1S/C10H21NO/c1-9(12-3)7-10(8-11-2)5-4-6-10/h9,11H,4-8H2,1-3H3. The van der Waals surface area contributed by atoms with Crippen molar-refractivity contribution in [2.24, 2.45) is 5.41 Å². The van der Waals surface area contributed by atoms with E-state index in [0.29, 0.717) is 11.5 Å². The summed E-state index contributed by atoms with van der Waals surface area (Å²) in [6.07, 6.45) is 5.78.